The van der Waals surface area contributed by atoms with Gasteiger partial charge in [-0.1, -0.05) is 37.0 Å². The van der Waals surface area contributed by atoms with E-state index in [4.69, 9.17) is 23.2 Å². The predicted molar refractivity (Wildman–Crippen MR) is 111 cm³/mol. The van der Waals surface area contributed by atoms with Crippen molar-refractivity contribution in [2.24, 2.45) is 0 Å². The quantitative estimate of drug-likeness (QED) is 0.755. The smallest absolute Gasteiger partial charge is 0.151 e. The number of hydrogen-bond donors (Lipinski definition) is 1. The maximum Gasteiger partial charge on any atom is 0.151 e. The van der Waals surface area contributed by atoms with Crippen molar-refractivity contribution >= 4 is 34.8 Å². The minimum Gasteiger partial charge on any atom is -0.366 e. The van der Waals surface area contributed by atoms with Crippen LogP contribution in [0.2, 0.25) is 10.0 Å². The van der Waals surface area contributed by atoms with Crippen LogP contribution in [0.1, 0.15) is 50.9 Å². The van der Waals surface area contributed by atoms with Crippen molar-refractivity contribution < 1.29 is 0 Å². The summed E-state index contributed by atoms with van der Waals surface area (Å²) in [5, 5.41) is 4.81. The van der Waals surface area contributed by atoms with Crippen LogP contribution in [-0.4, -0.2) is 39.1 Å². The molecule has 6 nitrogen and oxygen atoms in total. The summed E-state index contributed by atoms with van der Waals surface area (Å²) < 4.78 is 0. The molecule has 1 N–H and O–H groups in total. The number of rotatable bonds is 6. The van der Waals surface area contributed by atoms with Crippen LogP contribution in [0.3, 0.4) is 0 Å². The van der Waals surface area contributed by atoms with Crippen LogP contribution in [0.4, 0.5) is 11.6 Å². The lowest BCUT2D eigenvalue weighted by Crippen LogP contribution is -2.39. The number of halogens is 2. The molecule has 0 aromatic carbocycles. The summed E-state index contributed by atoms with van der Waals surface area (Å²) >= 11 is 12.9. The van der Waals surface area contributed by atoms with Gasteiger partial charge in [-0.3, -0.25) is 0 Å². The molecule has 0 bridgehead atoms. The molecule has 8 heteroatoms. The molecule has 0 amide bonds. The molecular formula is C19H26Cl2N6. The maximum atomic E-state index is 6.50. The molecule has 0 atom stereocenters. The Morgan fingerprint density at radius 1 is 0.926 bits per heavy atom. The van der Waals surface area contributed by atoms with E-state index in [1.165, 1.54) is 0 Å². The van der Waals surface area contributed by atoms with Crippen LogP contribution in [-0.2, 0) is 12.8 Å². The van der Waals surface area contributed by atoms with E-state index in [9.17, 15) is 0 Å². The number of aromatic nitrogens is 4. The van der Waals surface area contributed by atoms with Crippen molar-refractivity contribution in [3.8, 4) is 0 Å². The van der Waals surface area contributed by atoms with Crippen molar-refractivity contribution in [2.45, 2.75) is 64.5 Å². The minimum absolute atomic E-state index is 0.360. The molecule has 1 aliphatic rings. The molecule has 2 heterocycles. The van der Waals surface area contributed by atoms with Crippen LogP contribution >= 0.6 is 23.2 Å². The van der Waals surface area contributed by atoms with Crippen molar-refractivity contribution in [3.63, 3.8) is 0 Å². The molecule has 0 saturated heterocycles. The Balaban J connectivity index is 1.62. The van der Waals surface area contributed by atoms with Gasteiger partial charge in [-0.2, -0.15) is 0 Å². The summed E-state index contributed by atoms with van der Waals surface area (Å²) in [6.45, 7) is 4.10. The average molecular weight is 409 g/mol. The van der Waals surface area contributed by atoms with Gasteiger partial charge in [0.05, 0.1) is 11.4 Å². The van der Waals surface area contributed by atoms with Gasteiger partial charge < -0.3 is 10.2 Å². The molecule has 0 aliphatic heterocycles. The second kappa shape index (κ2) is 9.02. The van der Waals surface area contributed by atoms with Crippen molar-refractivity contribution in [1.82, 2.24) is 19.9 Å². The standard InChI is InChI=1S/C19H26Cl2N6/c1-4-14-16(20)18(24-10-22-14)26-12-6-8-13(9-7-12)27(3)19-17(21)15(5-2)23-11-25-19/h10-13H,4-9H2,1-3H3,(H,22,24,26). The molecule has 0 spiro atoms. The lowest BCUT2D eigenvalue weighted by Gasteiger charge is -2.36. The fraction of sp³-hybridized carbons (Fsp3) is 0.579. The molecule has 1 saturated carbocycles. The topological polar surface area (TPSA) is 66.8 Å². The Hall–Kier alpha value is -1.66. The van der Waals surface area contributed by atoms with Gasteiger partial charge in [-0.25, -0.2) is 19.9 Å². The van der Waals surface area contributed by atoms with Crippen LogP contribution < -0.4 is 10.2 Å². The Kier molecular flexibility index (Phi) is 6.71. The highest BCUT2D eigenvalue weighted by molar-refractivity contribution is 6.33. The number of aryl methyl sites for hydroxylation is 2. The van der Waals surface area contributed by atoms with E-state index in [0.29, 0.717) is 22.1 Å². The first-order valence-electron chi connectivity index (χ1n) is 9.53. The van der Waals surface area contributed by atoms with E-state index in [0.717, 1.165) is 61.5 Å². The summed E-state index contributed by atoms with van der Waals surface area (Å²) in [6.07, 6.45) is 8.98. The lowest BCUT2D eigenvalue weighted by molar-refractivity contribution is 0.398. The molecule has 27 heavy (non-hydrogen) atoms. The number of nitrogens with one attached hydrogen (secondary N) is 1. The van der Waals surface area contributed by atoms with E-state index in [1.54, 1.807) is 12.7 Å². The van der Waals surface area contributed by atoms with Gasteiger partial charge in [0.25, 0.3) is 0 Å². The third-order valence-corrected chi connectivity index (χ3v) is 6.08. The van der Waals surface area contributed by atoms with E-state index in [-0.39, 0.29) is 0 Å². The van der Waals surface area contributed by atoms with Crippen LogP contribution in [0.15, 0.2) is 12.7 Å². The second-order valence-electron chi connectivity index (χ2n) is 6.91. The third-order valence-electron chi connectivity index (χ3n) is 5.29. The maximum absolute atomic E-state index is 6.50. The number of anilines is 2. The molecule has 1 fully saturated rings. The Morgan fingerprint density at radius 3 is 2.15 bits per heavy atom. The summed E-state index contributed by atoms with van der Waals surface area (Å²) in [5.41, 5.74) is 1.78. The van der Waals surface area contributed by atoms with Crippen molar-refractivity contribution in [2.75, 3.05) is 17.3 Å². The van der Waals surface area contributed by atoms with Crippen molar-refractivity contribution in [1.29, 1.82) is 0 Å². The van der Waals surface area contributed by atoms with E-state index in [2.05, 4.69) is 44.1 Å². The minimum atomic E-state index is 0.360. The van der Waals surface area contributed by atoms with Gasteiger partial charge in [-0.05, 0) is 38.5 Å². The van der Waals surface area contributed by atoms with E-state index < -0.39 is 0 Å². The van der Waals surface area contributed by atoms with Gasteiger partial charge >= 0.3 is 0 Å². The summed E-state index contributed by atoms with van der Waals surface area (Å²) in [4.78, 5) is 19.4. The number of nitrogens with zero attached hydrogens (tertiary/aromatic N) is 5. The monoisotopic (exact) mass is 408 g/mol. The Bertz CT molecular complexity index is 777. The zero-order valence-electron chi connectivity index (χ0n) is 16.0. The van der Waals surface area contributed by atoms with Gasteiger partial charge in [0, 0.05) is 19.1 Å². The van der Waals surface area contributed by atoms with E-state index in [1.807, 2.05) is 6.92 Å². The molecule has 2 aromatic rings. The van der Waals surface area contributed by atoms with Crippen LogP contribution in [0.5, 0.6) is 0 Å². The lowest BCUT2D eigenvalue weighted by atomic mass is 9.90. The van der Waals surface area contributed by atoms with Gasteiger partial charge in [-0.15, -0.1) is 0 Å². The fourth-order valence-electron chi connectivity index (χ4n) is 3.62. The van der Waals surface area contributed by atoms with Crippen LogP contribution in [0, 0.1) is 0 Å². The Labute approximate surface area is 170 Å². The predicted octanol–water partition coefficient (Wildman–Crippen LogP) is 4.56. The zero-order valence-corrected chi connectivity index (χ0v) is 17.6. The first kappa shape index (κ1) is 20.1. The summed E-state index contributed by atoms with van der Waals surface area (Å²) in [5.74, 6) is 1.57. The zero-order chi connectivity index (χ0) is 19.4. The summed E-state index contributed by atoms with van der Waals surface area (Å²) in [6, 6.07) is 0.770. The molecule has 146 valence electrons. The first-order valence-corrected chi connectivity index (χ1v) is 10.3. The molecular weight excluding hydrogens is 383 g/mol. The third kappa shape index (κ3) is 4.43. The molecule has 0 unspecified atom stereocenters. The second-order valence-corrected chi connectivity index (χ2v) is 7.66. The van der Waals surface area contributed by atoms with Crippen molar-refractivity contribution in [3.05, 3.63) is 34.1 Å². The molecule has 3 rings (SSSR count). The highest BCUT2D eigenvalue weighted by Crippen LogP contribution is 2.32. The van der Waals surface area contributed by atoms with Crippen LogP contribution in [0.25, 0.3) is 0 Å². The van der Waals surface area contributed by atoms with Gasteiger partial charge in [0.15, 0.2) is 5.82 Å². The molecule has 0 radical (unpaired) electrons. The Morgan fingerprint density at radius 2 is 1.52 bits per heavy atom. The van der Waals surface area contributed by atoms with E-state index >= 15 is 0 Å². The average Bonchev–Trinajstić information content (AvgIpc) is 2.70. The first-order chi connectivity index (χ1) is 13.0. The molecule has 1 aliphatic carbocycles. The highest BCUT2D eigenvalue weighted by Gasteiger charge is 2.27. The number of hydrogen-bond acceptors (Lipinski definition) is 6. The molecule has 2 aromatic heterocycles. The van der Waals surface area contributed by atoms with Gasteiger partial charge in [0.2, 0.25) is 0 Å². The highest BCUT2D eigenvalue weighted by atomic mass is 35.5. The van der Waals surface area contributed by atoms with Gasteiger partial charge in [0.1, 0.15) is 28.5 Å². The summed E-state index contributed by atoms with van der Waals surface area (Å²) in [7, 11) is 2.07. The largest absolute Gasteiger partial charge is 0.366 e. The fourth-order valence-corrected chi connectivity index (χ4v) is 4.27. The SMILES string of the molecule is CCc1ncnc(NC2CCC(N(C)c3ncnc(CC)c3Cl)CC2)c1Cl. The normalized spacial score (nSPS) is 19.7.